The number of nitrogens with zero attached hydrogens (tertiary/aromatic N) is 1. The van der Waals surface area contributed by atoms with Crippen LogP contribution >= 0.6 is 0 Å². The molecule has 19 heavy (non-hydrogen) atoms. The molecule has 1 rings (SSSR count). The van der Waals surface area contributed by atoms with Crippen LogP contribution in [-0.2, 0) is 6.54 Å². The molecule has 1 atom stereocenters. The SMILES string of the molecule is CC(C)CCC(C)(CN)N(C)Cc1ccccc1F. The van der Waals surface area contributed by atoms with E-state index in [0.717, 1.165) is 18.4 Å². The summed E-state index contributed by atoms with van der Waals surface area (Å²) < 4.78 is 13.7. The molecule has 0 saturated heterocycles. The van der Waals surface area contributed by atoms with E-state index in [4.69, 9.17) is 5.73 Å². The van der Waals surface area contributed by atoms with Crippen LogP contribution in [0.1, 0.15) is 39.2 Å². The molecule has 2 nitrogen and oxygen atoms in total. The first kappa shape index (κ1) is 16.1. The molecule has 0 radical (unpaired) electrons. The van der Waals surface area contributed by atoms with Gasteiger partial charge in [-0.2, -0.15) is 0 Å². The van der Waals surface area contributed by atoms with E-state index in [2.05, 4.69) is 25.7 Å². The standard InChI is InChI=1S/C16H27FN2/c1-13(2)9-10-16(3,12-18)19(4)11-14-7-5-6-8-15(14)17/h5-8,13H,9-12,18H2,1-4H3. The van der Waals surface area contributed by atoms with Gasteiger partial charge in [-0.3, -0.25) is 4.90 Å². The molecule has 0 spiro atoms. The molecule has 3 heteroatoms. The lowest BCUT2D eigenvalue weighted by molar-refractivity contribution is 0.118. The third-order valence-corrected chi connectivity index (χ3v) is 3.99. The first-order chi connectivity index (χ1) is 8.89. The number of hydrogen-bond donors (Lipinski definition) is 1. The Hall–Kier alpha value is -0.930. The van der Waals surface area contributed by atoms with Crippen molar-refractivity contribution in [3.05, 3.63) is 35.6 Å². The summed E-state index contributed by atoms with van der Waals surface area (Å²) in [5.74, 6) is 0.519. The van der Waals surface area contributed by atoms with Crippen molar-refractivity contribution >= 4 is 0 Å². The highest BCUT2D eigenvalue weighted by Crippen LogP contribution is 2.24. The Morgan fingerprint density at radius 2 is 1.95 bits per heavy atom. The Kier molecular flexibility index (Phi) is 5.95. The molecular formula is C16H27FN2. The topological polar surface area (TPSA) is 29.3 Å². The van der Waals surface area contributed by atoms with Gasteiger partial charge in [-0.25, -0.2) is 4.39 Å². The quantitative estimate of drug-likeness (QED) is 0.819. The largest absolute Gasteiger partial charge is 0.329 e. The Morgan fingerprint density at radius 3 is 2.47 bits per heavy atom. The van der Waals surface area contributed by atoms with Gasteiger partial charge in [-0.05, 0) is 38.8 Å². The van der Waals surface area contributed by atoms with E-state index in [1.165, 1.54) is 6.07 Å². The third kappa shape index (κ3) is 4.59. The minimum atomic E-state index is -0.141. The maximum atomic E-state index is 13.7. The Morgan fingerprint density at radius 1 is 1.32 bits per heavy atom. The molecule has 0 aliphatic rings. The summed E-state index contributed by atoms with van der Waals surface area (Å²) in [4.78, 5) is 2.17. The number of benzene rings is 1. The highest BCUT2D eigenvalue weighted by Gasteiger charge is 2.28. The van der Waals surface area contributed by atoms with E-state index in [-0.39, 0.29) is 11.4 Å². The van der Waals surface area contributed by atoms with Gasteiger partial charge in [0.15, 0.2) is 0 Å². The van der Waals surface area contributed by atoms with E-state index in [0.29, 0.717) is 19.0 Å². The van der Waals surface area contributed by atoms with Crippen LogP contribution in [0.25, 0.3) is 0 Å². The lowest BCUT2D eigenvalue weighted by Crippen LogP contribution is -2.49. The van der Waals surface area contributed by atoms with Crippen molar-refractivity contribution in [2.24, 2.45) is 11.7 Å². The van der Waals surface area contributed by atoms with Gasteiger partial charge in [0.2, 0.25) is 0 Å². The van der Waals surface area contributed by atoms with Gasteiger partial charge >= 0.3 is 0 Å². The molecule has 0 saturated carbocycles. The maximum absolute atomic E-state index is 13.7. The fourth-order valence-electron chi connectivity index (χ4n) is 2.12. The minimum absolute atomic E-state index is 0.0768. The van der Waals surface area contributed by atoms with E-state index in [1.54, 1.807) is 6.07 Å². The molecule has 0 bridgehead atoms. The van der Waals surface area contributed by atoms with Crippen molar-refractivity contribution in [2.75, 3.05) is 13.6 Å². The summed E-state index contributed by atoms with van der Waals surface area (Å²) in [5, 5.41) is 0. The summed E-state index contributed by atoms with van der Waals surface area (Å²) in [6.45, 7) is 7.78. The number of halogens is 1. The van der Waals surface area contributed by atoms with Crippen LogP contribution in [0.2, 0.25) is 0 Å². The number of rotatable bonds is 7. The predicted octanol–water partition coefficient (Wildman–Crippen LogP) is 3.41. The molecule has 0 aromatic heterocycles. The highest BCUT2D eigenvalue weighted by atomic mass is 19.1. The summed E-state index contributed by atoms with van der Waals surface area (Å²) in [6, 6.07) is 6.95. The molecule has 1 unspecified atom stereocenters. The van der Waals surface area contributed by atoms with Crippen LogP contribution in [-0.4, -0.2) is 24.0 Å². The van der Waals surface area contributed by atoms with Crippen LogP contribution in [0.3, 0.4) is 0 Å². The van der Waals surface area contributed by atoms with Crippen molar-refractivity contribution in [1.29, 1.82) is 0 Å². The zero-order chi connectivity index (χ0) is 14.5. The van der Waals surface area contributed by atoms with Crippen LogP contribution in [0.5, 0.6) is 0 Å². The second kappa shape index (κ2) is 7.01. The molecule has 0 aliphatic carbocycles. The second-order valence-corrected chi connectivity index (χ2v) is 6.08. The average molecular weight is 266 g/mol. The minimum Gasteiger partial charge on any atom is -0.329 e. The predicted molar refractivity (Wildman–Crippen MR) is 79.4 cm³/mol. The van der Waals surface area contributed by atoms with Crippen LogP contribution in [0, 0.1) is 11.7 Å². The zero-order valence-electron chi connectivity index (χ0n) is 12.6. The van der Waals surface area contributed by atoms with Crippen molar-refractivity contribution in [3.8, 4) is 0 Å². The number of nitrogens with two attached hydrogens (primary N) is 1. The first-order valence-corrected chi connectivity index (χ1v) is 7.04. The van der Waals surface area contributed by atoms with Crippen LogP contribution in [0.15, 0.2) is 24.3 Å². The van der Waals surface area contributed by atoms with Gasteiger partial charge in [-0.15, -0.1) is 0 Å². The number of hydrogen-bond acceptors (Lipinski definition) is 2. The average Bonchev–Trinajstić information content (AvgIpc) is 2.38. The van der Waals surface area contributed by atoms with Gasteiger partial charge in [0.05, 0.1) is 0 Å². The summed E-state index contributed by atoms with van der Waals surface area (Å²) >= 11 is 0. The molecule has 108 valence electrons. The fourth-order valence-corrected chi connectivity index (χ4v) is 2.12. The van der Waals surface area contributed by atoms with Crippen molar-refractivity contribution in [3.63, 3.8) is 0 Å². The zero-order valence-corrected chi connectivity index (χ0v) is 12.6. The van der Waals surface area contributed by atoms with E-state index in [9.17, 15) is 4.39 Å². The van der Waals surface area contributed by atoms with E-state index < -0.39 is 0 Å². The first-order valence-electron chi connectivity index (χ1n) is 7.04. The lowest BCUT2D eigenvalue weighted by Gasteiger charge is -2.39. The Labute approximate surface area is 116 Å². The monoisotopic (exact) mass is 266 g/mol. The molecule has 1 aromatic carbocycles. The summed E-state index contributed by atoms with van der Waals surface area (Å²) in [5.41, 5.74) is 6.60. The Balaban J connectivity index is 2.73. The van der Waals surface area contributed by atoms with E-state index >= 15 is 0 Å². The normalized spacial score (nSPS) is 14.9. The van der Waals surface area contributed by atoms with Crippen molar-refractivity contribution in [2.45, 2.75) is 45.7 Å². The third-order valence-electron chi connectivity index (χ3n) is 3.99. The van der Waals surface area contributed by atoms with Gasteiger partial charge in [-0.1, -0.05) is 32.0 Å². The lowest BCUT2D eigenvalue weighted by atomic mass is 9.90. The molecule has 1 aromatic rings. The van der Waals surface area contributed by atoms with Gasteiger partial charge in [0.25, 0.3) is 0 Å². The summed E-state index contributed by atoms with van der Waals surface area (Å²) in [7, 11) is 2.03. The summed E-state index contributed by atoms with van der Waals surface area (Å²) in [6.07, 6.45) is 2.17. The maximum Gasteiger partial charge on any atom is 0.127 e. The van der Waals surface area contributed by atoms with Crippen LogP contribution in [0.4, 0.5) is 4.39 Å². The highest BCUT2D eigenvalue weighted by molar-refractivity contribution is 5.17. The molecule has 2 N–H and O–H groups in total. The van der Waals surface area contributed by atoms with Crippen molar-refractivity contribution < 1.29 is 4.39 Å². The van der Waals surface area contributed by atoms with Crippen LogP contribution < -0.4 is 5.73 Å². The molecule has 0 heterocycles. The molecule has 0 fully saturated rings. The Bertz CT molecular complexity index is 392. The van der Waals surface area contributed by atoms with Gasteiger partial charge < -0.3 is 5.73 Å². The second-order valence-electron chi connectivity index (χ2n) is 6.08. The van der Waals surface area contributed by atoms with Gasteiger partial charge in [0, 0.05) is 24.2 Å². The molecule has 0 aliphatic heterocycles. The molecular weight excluding hydrogens is 239 g/mol. The smallest absolute Gasteiger partial charge is 0.127 e. The number of likely N-dealkylation sites (N-methyl/N-ethyl adjacent to an activating group) is 1. The van der Waals surface area contributed by atoms with E-state index in [1.807, 2.05) is 19.2 Å². The van der Waals surface area contributed by atoms with Crippen molar-refractivity contribution in [1.82, 2.24) is 4.90 Å². The van der Waals surface area contributed by atoms with Gasteiger partial charge in [0.1, 0.15) is 5.82 Å². The molecule has 0 amide bonds. The fraction of sp³-hybridized carbons (Fsp3) is 0.625.